The molecule has 0 aliphatic rings. The Morgan fingerprint density at radius 2 is 2.16 bits per heavy atom. The lowest BCUT2D eigenvalue weighted by Crippen LogP contribution is -2.35. The molecule has 7 heteroatoms. The zero-order chi connectivity index (χ0) is 14.5. The minimum absolute atomic E-state index is 0.0102. The van der Waals surface area contributed by atoms with E-state index in [4.69, 9.17) is 11.6 Å². The van der Waals surface area contributed by atoms with Gasteiger partial charge in [0, 0.05) is 23.8 Å². The Balaban J connectivity index is 2.83. The third-order valence-electron chi connectivity index (χ3n) is 2.97. The van der Waals surface area contributed by atoms with Crippen LogP contribution in [0.25, 0.3) is 0 Å². The van der Waals surface area contributed by atoms with E-state index in [0.717, 1.165) is 17.1 Å². The molecule has 110 valence electrons. The van der Waals surface area contributed by atoms with Crippen molar-refractivity contribution in [3.63, 3.8) is 0 Å². The van der Waals surface area contributed by atoms with Gasteiger partial charge in [0.2, 0.25) is 0 Å². The van der Waals surface area contributed by atoms with Crippen LogP contribution >= 0.6 is 34.7 Å². The van der Waals surface area contributed by atoms with Crippen LogP contribution < -0.4 is 0 Å². The van der Waals surface area contributed by atoms with Gasteiger partial charge in [-0.05, 0) is 43.9 Å². The summed E-state index contributed by atoms with van der Waals surface area (Å²) in [5.74, 6) is 1.48. The number of sulfonamides is 1. The van der Waals surface area contributed by atoms with Crippen molar-refractivity contribution in [3.8, 4) is 0 Å². The third kappa shape index (κ3) is 4.63. The summed E-state index contributed by atoms with van der Waals surface area (Å²) < 4.78 is 26.8. The van der Waals surface area contributed by atoms with Crippen molar-refractivity contribution in [2.45, 2.75) is 30.0 Å². The molecule has 0 aliphatic heterocycles. The Morgan fingerprint density at radius 3 is 2.74 bits per heavy atom. The highest BCUT2D eigenvalue weighted by Gasteiger charge is 2.26. The van der Waals surface area contributed by atoms with Crippen LogP contribution in [0.2, 0.25) is 0 Å². The first-order valence-electron chi connectivity index (χ1n) is 6.05. The lowest BCUT2D eigenvalue weighted by atomic mass is 10.3. The van der Waals surface area contributed by atoms with Gasteiger partial charge in [0.1, 0.15) is 4.21 Å². The second kappa shape index (κ2) is 7.88. The van der Waals surface area contributed by atoms with Crippen molar-refractivity contribution < 1.29 is 8.42 Å². The van der Waals surface area contributed by atoms with Crippen LogP contribution in [0, 0.1) is 0 Å². The molecule has 19 heavy (non-hydrogen) atoms. The van der Waals surface area contributed by atoms with Crippen LogP contribution in [0.4, 0.5) is 0 Å². The molecule has 1 unspecified atom stereocenters. The van der Waals surface area contributed by atoms with Crippen molar-refractivity contribution in [2.24, 2.45) is 0 Å². The first kappa shape index (κ1) is 17.3. The molecule has 0 saturated heterocycles. The molecule has 0 spiro atoms. The minimum Gasteiger partial charge on any atom is -0.206 e. The molecule has 0 aromatic carbocycles. The summed E-state index contributed by atoms with van der Waals surface area (Å²) in [6.07, 6.45) is 3.60. The third-order valence-corrected chi connectivity index (χ3v) is 7.39. The lowest BCUT2D eigenvalue weighted by Gasteiger charge is -2.23. The van der Waals surface area contributed by atoms with Gasteiger partial charge < -0.3 is 0 Å². The number of thioether (sulfide) groups is 1. The highest BCUT2D eigenvalue weighted by Crippen LogP contribution is 2.26. The molecular formula is C12H20ClNO2S3. The Bertz CT molecular complexity index is 487. The molecule has 0 fully saturated rings. The molecule has 1 rings (SSSR count). The fourth-order valence-corrected chi connectivity index (χ4v) is 5.40. The van der Waals surface area contributed by atoms with E-state index in [2.05, 4.69) is 0 Å². The Kier molecular flexibility index (Phi) is 7.18. The lowest BCUT2D eigenvalue weighted by molar-refractivity contribution is 0.383. The first-order chi connectivity index (χ1) is 8.93. The maximum Gasteiger partial charge on any atom is 0.252 e. The zero-order valence-electron chi connectivity index (χ0n) is 11.4. The van der Waals surface area contributed by atoms with E-state index >= 15 is 0 Å². The molecule has 1 aromatic rings. The van der Waals surface area contributed by atoms with Gasteiger partial charge in [-0.1, -0.05) is 0 Å². The van der Waals surface area contributed by atoms with Crippen LogP contribution in [0.1, 0.15) is 18.2 Å². The van der Waals surface area contributed by atoms with Crippen LogP contribution in [0.3, 0.4) is 0 Å². The van der Waals surface area contributed by atoms with Gasteiger partial charge in [0.15, 0.2) is 0 Å². The molecule has 0 radical (unpaired) electrons. The normalized spacial score (nSPS) is 13.9. The monoisotopic (exact) mass is 341 g/mol. The van der Waals surface area contributed by atoms with E-state index in [1.165, 1.54) is 15.6 Å². The molecule has 0 saturated carbocycles. The smallest absolute Gasteiger partial charge is 0.206 e. The predicted molar refractivity (Wildman–Crippen MR) is 86.2 cm³/mol. The van der Waals surface area contributed by atoms with Gasteiger partial charge in [-0.25, -0.2) is 8.42 Å². The molecule has 3 nitrogen and oxygen atoms in total. The Hall–Kier alpha value is 0.250. The van der Waals surface area contributed by atoms with Crippen molar-refractivity contribution in [3.05, 3.63) is 17.0 Å². The summed E-state index contributed by atoms with van der Waals surface area (Å²) in [7, 11) is -1.71. The molecule has 1 atom stereocenters. The van der Waals surface area contributed by atoms with E-state index in [9.17, 15) is 8.42 Å². The molecule has 0 N–H and O–H groups in total. The van der Waals surface area contributed by atoms with E-state index in [1.807, 2.05) is 19.2 Å². The van der Waals surface area contributed by atoms with Gasteiger partial charge >= 0.3 is 0 Å². The van der Waals surface area contributed by atoms with Gasteiger partial charge in [0.25, 0.3) is 10.0 Å². The second-order valence-corrected chi connectivity index (χ2v) is 9.07. The van der Waals surface area contributed by atoms with E-state index in [-0.39, 0.29) is 6.04 Å². The Morgan fingerprint density at radius 1 is 1.47 bits per heavy atom. The van der Waals surface area contributed by atoms with Gasteiger partial charge in [-0.2, -0.15) is 16.1 Å². The predicted octanol–water partition coefficient (Wildman–Crippen LogP) is 3.29. The van der Waals surface area contributed by atoms with Crippen molar-refractivity contribution in [1.29, 1.82) is 0 Å². The average Bonchev–Trinajstić information content (AvgIpc) is 2.84. The van der Waals surface area contributed by atoms with Crippen LogP contribution in [-0.2, 0) is 16.4 Å². The number of nitrogens with zero attached hydrogens (tertiary/aromatic N) is 1. The topological polar surface area (TPSA) is 37.4 Å². The van der Waals surface area contributed by atoms with E-state index in [0.29, 0.717) is 16.5 Å². The maximum atomic E-state index is 12.5. The zero-order valence-corrected chi connectivity index (χ0v) is 14.6. The highest BCUT2D eigenvalue weighted by molar-refractivity contribution is 7.98. The fourth-order valence-electron chi connectivity index (χ4n) is 1.57. The first-order valence-corrected chi connectivity index (χ1v) is 10.2. The van der Waals surface area contributed by atoms with Gasteiger partial charge in [-0.15, -0.1) is 22.9 Å². The number of alkyl halides is 1. The van der Waals surface area contributed by atoms with Gasteiger partial charge in [-0.3, -0.25) is 0 Å². The van der Waals surface area contributed by atoms with Crippen molar-refractivity contribution in [2.75, 3.05) is 24.9 Å². The molecular weight excluding hydrogens is 322 g/mol. The summed E-state index contributed by atoms with van der Waals surface area (Å²) in [5, 5.41) is 0. The van der Waals surface area contributed by atoms with E-state index < -0.39 is 10.0 Å². The maximum absolute atomic E-state index is 12.5. The number of thiophene rings is 1. The fraction of sp³-hybridized carbons (Fsp3) is 0.667. The number of aryl methyl sites for hydroxylation is 1. The summed E-state index contributed by atoms with van der Waals surface area (Å²) in [5.41, 5.74) is 0. The quantitative estimate of drug-likeness (QED) is 0.681. The molecule has 0 aliphatic carbocycles. The standard InChI is InChI=1S/C12H20ClNO2S3/c1-10(7-9-17-3)14(2)19(15,16)12-5-4-11(18-12)6-8-13/h4-5,10H,6-9H2,1-3H3. The number of hydrogen-bond donors (Lipinski definition) is 0. The van der Waals surface area contributed by atoms with Crippen LogP contribution in [-0.4, -0.2) is 43.7 Å². The molecule has 1 heterocycles. The van der Waals surface area contributed by atoms with Crippen LogP contribution in [0.5, 0.6) is 0 Å². The van der Waals surface area contributed by atoms with Gasteiger partial charge in [0.05, 0.1) is 0 Å². The van der Waals surface area contributed by atoms with Crippen molar-refractivity contribution in [1.82, 2.24) is 4.31 Å². The number of hydrogen-bond acceptors (Lipinski definition) is 4. The highest BCUT2D eigenvalue weighted by atomic mass is 35.5. The second-order valence-electron chi connectivity index (χ2n) is 4.31. The molecule has 0 amide bonds. The number of halogens is 1. The van der Waals surface area contributed by atoms with Crippen molar-refractivity contribution >= 4 is 44.7 Å². The molecule has 1 aromatic heterocycles. The van der Waals surface area contributed by atoms with E-state index in [1.54, 1.807) is 24.9 Å². The average molecular weight is 342 g/mol. The minimum atomic E-state index is -3.37. The summed E-state index contributed by atoms with van der Waals surface area (Å²) in [6.45, 7) is 1.95. The summed E-state index contributed by atoms with van der Waals surface area (Å²) in [4.78, 5) is 1.01. The SMILES string of the molecule is CSCCC(C)N(C)S(=O)(=O)c1ccc(CCCl)s1. The Labute approximate surface area is 129 Å². The summed E-state index contributed by atoms with van der Waals surface area (Å²) in [6, 6.07) is 3.54. The number of rotatable bonds is 8. The van der Waals surface area contributed by atoms with Crippen LogP contribution in [0.15, 0.2) is 16.3 Å². The largest absolute Gasteiger partial charge is 0.252 e. The molecule has 0 bridgehead atoms. The summed E-state index contributed by atoms with van der Waals surface area (Å²) >= 11 is 8.72.